The third-order valence-corrected chi connectivity index (χ3v) is 5.57. The highest BCUT2D eigenvalue weighted by atomic mass is 32.2. The lowest BCUT2D eigenvalue weighted by Crippen LogP contribution is -2.42. The van der Waals surface area contributed by atoms with E-state index >= 15 is 0 Å². The van der Waals surface area contributed by atoms with E-state index in [1.54, 1.807) is 0 Å². The topological polar surface area (TPSA) is 32.3 Å². The number of rotatable bonds is 2. The van der Waals surface area contributed by atoms with Gasteiger partial charge in [0.2, 0.25) is 0 Å². The number of hydrogen-bond donors (Lipinski definition) is 1. The highest BCUT2D eigenvalue weighted by Crippen LogP contribution is 2.39. The summed E-state index contributed by atoms with van der Waals surface area (Å²) in [7, 11) is 0. The van der Waals surface area contributed by atoms with E-state index in [1.807, 2.05) is 53.9 Å². The van der Waals surface area contributed by atoms with Gasteiger partial charge in [0.1, 0.15) is 0 Å². The molecule has 1 aliphatic rings. The molecule has 0 spiro atoms. The van der Waals surface area contributed by atoms with E-state index in [-0.39, 0.29) is 6.03 Å². The highest BCUT2D eigenvalue weighted by Gasteiger charge is 2.28. The van der Waals surface area contributed by atoms with Crippen LogP contribution in [0.2, 0.25) is 0 Å². The Morgan fingerprint density at radius 2 is 2.04 bits per heavy atom. The fraction of sp³-hybridized carbons (Fsp3) is 0.316. The molecule has 1 N–H and O–H groups in total. The van der Waals surface area contributed by atoms with Gasteiger partial charge in [-0.3, -0.25) is 4.90 Å². The average Bonchev–Trinajstić information content (AvgIpc) is 2.56. The standard InChI is InChI=1S/C19H22N2OS/c1-4-15-12-21(17-7-5-6-8-18(17)23-15)19(22)20-16-10-9-13(2)11-14(16)3/h5-11,15H,4,12H2,1-3H3,(H,20,22). The molecular formula is C19H22N2OS. The molecular weight excluding hydrogens is 304 g/mol. The number of anilines is 2. The molecule has 23 heavy (non-hydrogen) atoms. The van der Waals surface area contributed by atoms with E-state index in [2.05, 4.69) is 31.3 Å². The van der Waals surface area contributed by atoms with Crippen molar-refractivity contribution in [3.8, 4) is 0 Å². The van der Waals surface area contributed by atoms with Crippen LogP contribution in [0, 0.1) is 13.8 Å². The van der Waals surface area contributed by atoms with Gasteiger partial charge in [-0.15, -0.1) is 11.8 Å². The first-order valence-electron chi connectivity index (χ1n) is 8.00. The molecule has 1 unspecified atom stereocenters. The van der Waals surface area contributed by atoms with Crippen molar-refractivity contribution in [3.63, 3.8) is 0 Å². The molecule has 1 aliphatic heterocycles. The first kappa shape index (κ1) is 15.9. The summed E-state index contributed by atoms with van der Waals surface area (Å²) in [5.41, 5.74) is 4.17. The van der Waals surface area contributed by atoms with Crippen LogP contribution in [0.1, 0.15) is 24.5 Å². The number of carbonyl (C=O) groups is 1. The van der Waals surface area contributed by atoms with Gasteiger partial charge in [0.25, 0.3) is 0 Å². The van der Waals surface area contributed by atoms with Gasteiger partial charge in [0, 0.05) is 22.4 Å². The van der Waals surface area contributed by atoms with Crippen molar-refractivity contribution in [1.29, 1.82) is 0 Å². The zero-order valence-electron chi connectivity index (χ0n) is 13.8. The van der Waals surface area contributed by atoms with Crippen molar-refractivity contribution in [3.05, 3.63) is 53.6 Å². The van der Waals surface area contributed by atoms with Crippen molar-refractivity contribution >= 4 is 29.2 Å². The van der Waals surface area contributed by atoms with Crippen LogP contribution in [0.3, 0.4) is 0 Å². The Morgan fingerprint density at radius 3 is 2.78 bits per heavy atom. The van der Waals surface area contributed by atoms with Gasteiger partial charge in [0.05, 0.1) is 5.69 Å². The minimum absolute atomic E-state index is 0.0526. The van der Waals surface area contributed by atoms with Crippen LogP contribution in [0.5, 0.6) is 0 Å². The predicted molar refractivity (Wildman–Crippen MR) is 98.7 cm³/mol. The molecule has 2 aromatic rings. The zero-order chi connectivity index (χ0) is 16.4. The fourth-order valence-electron chi connectivity index (χ4n) is 2.84. The Bertz CT molecular complexity index is 729. The molecule has 0 bridgehead atoms. The molecule has 0 saturated carbocycles. The lowest BCUT2D eigenvalue weighted by molar-refractivity contribution is 0.256. The number of para-hydroxylation sites is 1. The maximum atomic E-state index is 12.8. The van der Waals surface area contributed by atoms with Crippen LogP contribution in [-0.4, -0.2) is 17.8 Å². The number of carbonyl (C=O) groups excluding carboxylic acids is 1. The Kier molecular flexibility index (Phi) is 4.62. The summed E-state index contributed by atoms with van der Waals surface area (Å²) in [6, 6.07) is 14.2. The van der Waals surface area contributed by atoms with Gasteiger partial charge in [-0.05, 0) is 44.0 Å². The second kappa shape index (κ2) is 6.67. The number of nitrogens with one attached hydrogen (secondary N) is 1. The smallest absolute Gasteiger partial charge is 0.307 e. The van der Waals surface area contributed by atoms with E-state index in [0.717, 1.165) is 29.9 Å². The Balaban J connectivity index is 1.86. The van der Waals surface area contributed by atoms with Crippen molar-refractivity contribution in [2.45, 2.75) is 37.3 Å². The first-order chi connectivity index (χ1) is 11.1. The van der Waals surface area contributed by atoms with Crippen LogP contribution in [0.15, 0.2) is 47.4 Å². The quantitative estimate of drug-likeness (QED) is 0.820. The fourth-order valence-corrected chi connectivity index (χ4v) is 4.05. The van der Waals surface area contributed by atoms with Crippen LogP contribution in [0.25, 0.3) is 0 Å². The molecule has 120 valence electrons. The minimum atomic E-state index is -0.0526. The molecule has 2 amide bonds. The molecule has 1 heterocycles. The summed E-state index contributed by atoms with van der Waals surface area (Å²) in [4.78, 5) is 15.9. The van der Waals surface area contributed by atoms with E-state index in [0.29, 0.717) is 5.25 Å². The van der Waals surface area contributed by atoms with E-state index in [1.165, 1.54) is 10.5 Å². The number of fused-ring (bicyclic) bond motifs is 1. The third kappa shape index (κ3) is 3.37. The summed E-state index contributed by atoms with van der Waals surface area (Å²) in [6.07, 6.45) is 1.05. The Labute approximate surface area is 142 Å². The van der Waals surface area contributed by atoms with Crippen LogP contribution < -0.4 is 10.2 Å². The van der Waals surface area contributed by atoms with Gasteiger partial charge in [-0.25, -0.2) is 4.79 Å². The molecule has 0 saturated heterocycles. The number of amides is 2. The van der Waals surface area contributed by atoms with Crippen molar-refractivity contribution < 1.29 is 4.79 Å². The molecule has 4 heteroatoms. The van der Waals surface area contributed by atoms with Crippen molar-refractivity contribution in [2.24, 2.45) is 0 Å². The zero-order valence-corrected chi connectivity index (χ0v) is 14.6. The monoisotopic (exact) mass is 326 g/mol. The van der Waals surface area contributed by atoms with Crippen molar-refractivity contribution in [2.75, 3.05) is 16.8 Å². The van der Waals surface area contributed by atoms with Gasteiger partial charge >= 0.3 is 6.03 Å². The second-order valence-corrected chi connectivity index (χ2v) is 7.32. The van der Waals surface area contributed by atoms with Gasteiger partial charge < -0.3 is 5.32 Å². The summed E-state index contributed by atoms with van der Waals surface area (Å²) in [5, 5.41) is 3.51. The van der Waals surface area contributed by atoms with Crippen LogP contribution in [-0.2, 0) is 0 Å². The summed E-state index contributed by atoms with van der Waals surface area (Å²) in [6.45, 7) is 7.00. The third-order valence-electron chi connectivity index (χ3n) is 4.16. The number of thioether (sulfide) groups is 1. The van der Waals surface area contributed by atoms with Crippen LogP contribution >= 0.6 is 11.8 Å². The van der Waals surface area contributed by atoms with Crippen LogP contribution in [0.4, 0.5) is 16.2 Å². The number of nitrogens with zero attached hydrogens (tertiary/aromatic N) is 1. The SMILES string of the molecule is CCC1CN(C(=O)Nc2ccc(C)cc2C)c2ccccc2S1. The molecule has 3 rings (SSSR count). The van der Waals surface area contributed by atoms with Gasteiger partial charge in [-0.2, -0.15) is 0 Å². The number of hydrogen-bond acceptors (Lipinski definition) is 2. The molecule has 0 aliphatic carbocycles. The minimum Gasteiger partial charge on any atom is -0.307 e. The molecule has 2 aromatic carbocycles. The largest absolute Gasteiger partial charge is 0.326 e. The van der Waals surface area contributed by atoms with E-state index in [4.69, 9.17) is 0 Å². The number of urea groups is 1. The second-order valence-electron chi connectivity index (χ2n) is 5.97. The van der Waals surface area contributed by atoms with Crippen molar-refractivity contribution in [1.82, 2.24) is 0 Å². The lowest BCUT2D eigenvalue weighted by Gasteiger charge is -2.33. The maximum absolute atomic E-state index is 12.8. The normalized spacial score (nSPS) is 16.8. The molecule has 3 nitrogen and oxygen atoms in total. The Hall–Kier alpha value is -1.94. The lowest BCUT2D eigenvalue weighted by atomic mass is 10.1. The number of aryl methyl sites for hydroxylation is 2. The summed E-state index contributed by atoms with van der Waals surface area (Å²) >= 11 is 1.87. The van der Waals surface area contributed by atoms with Gasteiger partial charge in [0.15, 0.2) is 0 Å². The molecule has 1 atom stereocenters. The number of benzene rings is 2. The molecule has 0 aromatic heterocycles. The van der Waals surface area contributed by atoms with Gasteiger partial charge in [-0.1, -0.05) is 36.8 Å². The summed E-state index contributed by atoms with van der Waals surface area (Å²) < 4.78 is 0. The first-order valence-corrected chi connectivity index (χ1v) is 8.88. The average molecular weight is 326 g/mol. The molecule has 0 fully saturated rings. The maximum Gasteiger partial charge on any atom is 0.326 e. The Morgan fingerprint density at radius 1 is 1.26 bits per heavy atom. The molecule has 0 radical (unpaired) electrons. The highest BCUT2D eigenvalue weighted by molar-refractivity contribution is 8.00. The van der Waals surface area contributed by atoms with E-state index in [9.17, 15) is 4.79 Å². The predicted octanol–water partition coefficient (Wildman–Crippen LogP) is 5.23. The van der Waals surface area contributed by atoms with E-state index < -0.39 is 0 Å². The summed E-state index contributed by atoms with van der Waals surface area (Å²) in [5.74, 6) is 0.